The molecular weight excluding hydrogens is 258 g/mol. The molecule has 1 aromatic carbocycles. The molecule has 0 aliphatic heterocycles. The summed E-state index contributed by atoms with van der Waals surface area (Å²) in [6.45, 7) is 1.96. The Morgan fingerprint density at radius 3 is 2.84 bits per heavy atom. The molecule has 1 aromatic heterocycles. The van der Waals surface area contributed by atoms with Crippen LogP contribution in [0.5, 0.6) is 0 Å². The topological polar surface area (TPSA) is 43.8 Å². The maximum Gasteiger partial charge on any atom is 0.0998 e. The van der Waals surface area contributed by atoms with E-state index in [1.807, 2.05) is 31.5 Å². The van der Waals surface area contributed by atoms with Crippen LogP contribution in [0.4, 0.5) is 0 Å². The Hall–Kier alpha value is -1.32. The Balaban J connectivity index is 2.05. The van der Waals surface area contributed by atoms with Crippen molar-refractivity contribution in [3.63, 3.8) is 0 Å². The lowest BCUT2D eigenvalue weighted by molar-refractivity contribution is 0.656. The van der Waals surface area contributed by atoms with Gasteiger partial charge in [0, 0.05) is 11.7 Å². The molecule has 1 aliphatic carbocycles. The Kier molecular flexibility index (Phi) is 3.33. The quantitative estimate of drug-likeness (QED) is 0.913. The summed E-state index contributed by atoms with van der Waals surface area (Å²) < 4.78 is 2.13. The van der Waals surface area contributed by atoms with Gasteiger partial charge < -0.3 is 10.3 Å². The predicted molar refractivity (Wildman–Crippen MR) is 77.8 cm³/mol. The van der Waals surface area contributed by atoms with E-state index >= 15 is 0 Å². The summed E-state index contributed by atoms with van der Waals surface area (Å²) >= 11 is 6.40. The lowest BCUT2D eigenvalue weighted by Crippen LogP contribution is -2.08. The van der Waals surface area contributed by atoms with Crippen molar-refractivity contribution >= 4 is 11.6 Å². The number of aryl methyl sites for hydroxylation is 1. The standard InChI is InChI=1S/C15H18ClN3/c1-10(17)11-6-7-14(12(16)8-11)19-9-18-13-4-2-3-5-15(13)19/h6-10H,2-5,17H2,1H3. The summed E-state index contributed by atoms with van der Waals surface area (Å²) in [5.41, 5.74) is 10.5. The minimum absolute atomic E-state index is 0.00301. The second-order valence-electron chi connectivity index (χ2n) is 5.21. The van der Waals surface area contributed by atoms with E-state index in [0.717, 1.165) is 29.1 Å². The van der Waals surface area contributed by atoms with Gasteiger partial charge in [0.1, 0.15) is 0 Å². The van der Waals surface area contributed by atoms with Gasteiger partial charge in [0.15, 0.2) is 0 Å². The van der Waals surface area contributed by atoms with Gasteiger partial charge in [-0.25, -0.2) is 4.98 Å². The number of nitrogens with zero attached hydrogens (tertiary/aromatic N) is 2. The zero-order chi connectivity index (χ0) is 13.4. The largest absolute Gasteiger partial charge is 0.324 e. The summed E-state index contributed by atoms with van der Waals surface area (Å²) in [5.74, 6) is 0. The van der Waals surface area contributed by atoms with Gasteiger partial charge >= 0.3 is 0 Å². The fourth-order valence-corrected chi connectivity index (χ4v) is 2.96. The Morgan fingerprint density at radius 1 is 1.32 bits per heavy atom. The molecule has 0 fully saturated rings. The van der Waals surface area contributed by atoms with E-state index in [9.17, 15) is 0 Å². The van der Waals surface area contributed by atoms with Crippen molar-refractivity contribution in [1.29, 1.82) is 0 Å². The lowest BCUT2D eigenvalue weighted by Gasteiger charge is -2.16. The normalized spacial score (nSPS) is 16.2. The number of hydrogen-bond acceptors (Lipinski definition) is 2. The number of benzene rings is 1. The molecule has 0 saturated carbocycles. The van der Waals surface area contributed by atoms with E-state index in [2.05, 4.69) is 9.55 Å². The van der Waals surface area contributed by atoms with E-state index in [4.69, 9.17) is 17.3 Å². The monoisotopic (exact) mass is 275 g/mol. The molecule has 19 heavy (non-hydrogen) atoms. The molecule has 3 nitrogen and oxygen atoms in total. The fourth-order valence-electron chi connectivity index (χ4n) is 2.68. The van der Waals surface area contributed by atoms with Crippen LogP contribution in [0.3, 0.4) is 0 Å². The molecule has 0 saturated heterocycles. The molecule has 1 aliphatic rings. The van der Waals surface area contributed by atoms with Crippen LogP contribution in [-0.4, -0.2) is 9.55 Å². The first-order chi connectivity index (χ1) is 9.16. The van der Waals surface area contributed by atoms with Crippen molar-refractivity contribution in [3.05, 3.63) is 46.5 Å². The van der Waals surface area contributed by atoms with Crippen LogP contribution in [0, 0.1) is 0 Å². The third kappa shape index (κ3) is 2.28. The van der Waals surface area contributed by atoms with Crippen molar-refractivity contribution in [1.82, 2.24) is 9.55 Å². The summed E-state index contributed by atoms with van der Waals surface area (Å²) in [5, 5.41) is 0.737. The van der Waals surface area contributed by atoms with Gasteiger partial charge in [0.05, 0.1) is 22.7 Å². The Morgan fingerprint density at radius 2 is 2.11 bits per heavy atom. The molecular formula is C15H18ClN3. The second-order valence-corrected chi connectivity index (χ2v) is 5.62. The molecule has 0 amide bonds. The van der Waals surface area contributed by atoms with Crippen LogP contribution < -0.4 is 5.73 Å². The smallest absolute Gasteiger partial charge is 0.0998 e. The molecule has 4 heteroatoms. The molecule has 0 spiro atoms. The number of fused-ring (bicyclic) bond motifs is 1. The van der Waals surface area contributed by atoms with E-state index < -0.39 is 0 Å². The van der Waals surface area contributed by atoms with Gasteiger partial charge in [-0.05, 0) is 50.3 Å². The molecule has 0 bridgehead atoms. The minimum atomic E-state index is 0.00301. The lowest BCUT2D eigenvalue weighted by atomic mass is 10.0. The van der Waals surface area contributed by atoms with Crippen molar-refractivity contribution in [2.24, 2.45) is 5.73 Å². The SMILES string of the molecule is CC(N)c1ccc(-n2cnc3c2CCCC3)c(Cl)c1. The van der Waals surface area contributed by atoms with Crippen molar-refractivity contribution in [3.8, 4) is 5.69 Å². The van der Waals surface area contributed by atoms with Crippen molar-refractivity contribution in [2.45, 2.75) is 38.6 Å². The van der Waals surface area contributed by atoms with Crippen molar-refractivity contribution in [2.75, 3.05) is 0 Å². The molecule has 1 atom stereocenters. The van der Waals surface area contributed by atoms with Crippen LogP contribution in [0.15, 0.2) is 24.5 Å². The second kappa shape index (κ2) is 4.99. The summed E-state index contributed by atoms with van der Waals surface area (Å²) in [6.07, 6.45) is 6.52. The molecule has 2 aromatic rings. The zero-order valence-electron chi connectivity index (χ0n) is 11.1. The molecule has 1 unspecified atom stereocenters. The molecule has 3 rings (SSSR count). The third-order valence-corrected chi connectivity index (χ3v) is 4.09. The molecule has 1 heterocycles. The number of imidazole rings is 1. The molecule has 100 valence electrons. The number of halogens is 1. The summed E-state index contributed by atoms with van der Waals surface area (Å²) in [7, 11) is 0. The Bertz CT molecular complexity index is 601. The van der Waals surface area contributed by atoms with Crippen LogP contribution in [-0.2, 0) is 12.8 Å². The number of nitrogens with two attached hydrogens (primary N) is 1. The van der Waals surface area contributed by atoms with Gasteiger partial charge in [-0.1, -0.05) is 17.7 Å². The highest BCUT2D eigenvalue weighted by molar-refractivity contribution is 6.32. The van der Waals surface area contributed by atoms with Gasteiger partial charge in [0.25, 0.3) is 0 Å². The first kappa shape index (κ1) is 12.7. The maximum absolute atomic E-state index is 6.40. The van der Waals surface area contributed by atoms with Crippen LogP contribution >= 0.6 is 11.6 Å². The number of rotatable bonds is 2. The average Bonchev–Trinajstić information content (AvgIpc) is 2.82. The van der Waals surface area contributed by atoms with E-state index in [1.165, 1.54) is 24.2 Å². The van der Waals surface area contributed by atoms with Gasteiger partial charge in [-0.3, -0.25) is 0 Å². The van der Waals surface area contributed by atoms with Crippen LogP contribution in [0.25, 0.3) is 5.69 Å². The van der Waals surface area contributed by atoms with Crippen molar-refractivity contribution < 1.29 is 0 Å². The number of aromatic nitrogens is 2. The predicted octanol–water partition coefficient (Wildman–Crippen LogP) is 3.42. The van der Waals surface area contributed by atoms with E-state index in [1.54, 1.807) is 0 Å². The van der Waals surface area contributed by atoms with E-state index in [0.29, 0.717) is 0 Å². The zero-order valence-corrected chi connectivity index (χ0v) is 11.8. The maximum atomic E-state index is 6.40. The minimum Gasteiger partial charge on any atom is -0.324 e. The first-order valence-corrected chi connectivity index (χ1v) is 7.15. The summed E-state index contributed by atoms with van der Waals surface area (Å²) in [4.78, 5) is 4.51. The number of hydrogen-bond donors (Lipinski definition) is 1. The molecule has 2 N–H and O–H groups in total. The van der Waals surface area contributed by atoms with Gasteiger partial charge in [-0.2, -0.15) is 0 Å². The van der Waals surface area contributed by atoms with E-state index in [-0.39, 0.29) is 6.04 Å². The summed E-state index contributed by atoms with van der Waals surface area (Å²) in [6, 6.07) is 6.04. The first-order valence-electron chi connectivity index (χ1n) is 6.77. The van der Waals surface area contributed by atoms with Gasteiger partial charge in [0.2, 0.25) is 0 Å². The molecule has 0 radical (unpaired) electrons. The third-order valence-electron chi connectivity index (χ3n) is 3.79. The highest BCUT2D eigenvalue weighted by atomic mass is 35.5. The Labute approximate surface area is 118 Å². The van der Waals surface area contributed by atoms with Crippen LogP contribution in [0.2, 0.25) is 5.02 Å². The average molecular weight is 276 g/mol. The van der Waals surface area contributed by atoms with Gasteiger partial charge in [-0.15, -0.1) is 0 Å². The van der Waals surface area contributed by atoms with Crippen LogP contribution in [0.1, 0.15) is 42.8 Å². The highest BCUT2D eigenvalue weighted by Crippen LogP contribution is 2.28. The highest BCUT2D eigenvalue weighted by Gasteiger charge is 2.17. The fraction of sp³-hybridized carbons (Fsp3) is 0.400.